The molecule has 9 heteroatoms. The van der Waals surface area contributed by atoms with Crippen molar-refractivity contribution < 1.29 is 18.0 Å². The first kappa shape index (κ1) is 23.4. The van der Waals surface area contributed by atoms with Crippen LogP contribution in [0, 0.1) is 11.8 Å². The first-order valence-electron chi connectivity index (χ1n) is 11.5. The van der Waals surface area contributed by atoms with Crippen molar-refractivity contribution in [3.8, 4) is 0 Å². The van der Waals surface area contributed by atoms with Crippen LogP contribution in [0.3, 0.4) is 0 Å². The lowest BCUT2D eigenvalue weighted by Gasteiger charge is -2.28. The zero-order valence-electron chi connectivity index (χ0n) is 18.5. The first-order valence-corrected chi connectivity index (χ1v) is 13.0. The van der Waals surface area contributed by atoms with E-state index in [2.05, 4.69) is 20.3 Å². The van der Waals surface area contributed by atoms with Gasteiger partial charge in [0.25, 0.3) is 0 Å². The van der Waals surface area contributed by atoms with Gasteiger partial charge < -0.3 is 10.6 Å². The van der Waals surface area contributed by atoms with E-state index >= 15 is 0 Å². The smallest absolute Gasteiger partial charge is 0.240 e. The second-order valence-electron chi connectivity index (χ2n) is 8.87. The fourth-order valence-electron chi connectivity index (χ4n) is 4.49. The summed E-state index contributed by atoms with van der Waals surface area (Å²) in [5, 5.41) is 5.80. The van der Waals surface area contributed by atoms with Crippen LogP contribution >= 0.6 is 0 Å². The molecular formula is C24H30N4O4S. The lowest BCUT2D eigenvalue weighted by molar-refractivity contribution is -0.126. The molecule has 1 aromatic heterocycles. The molecule has 2 aliphatic rings. The van der Waals surface area contributed by atoms with Crippen molar-refractivity contribution in [3.05, 3.63) is 53.9 Å². The van der Waals surface area contributed by atoms with Crippen molar-refractivity contribution in [2.24, 2.45) is 11.8 Å². The van der Waals surface area contributed by atoms with E-state index < -0.39 is 10.0 Å². The van der Waals surface area contributed by atoms with E-state index in [9.17, 15) is 18.0 Å². The molecule has 1 saturated carbocycles. The Morgan fingerprint density at radius 3 is 2.70 bits per heavy atom. The van der Waals surface area contributed by atoms with Crippen molar-refractivity contribution in [2.45, 2.75) is 56.4 Å². The molecule has 0 saturated heterocycles. The van der Waals surface area contributed by atoms with Gasteiger partial charge in [0, 0.05) is 43.5 Å². The minimum Gasteiger partial charge on any atom is -0.352 e. The highest BCUT2D eigenvalue weighted by atomic mass is 32.2. The Balaban J connectivity index is 1.25. The summed E-state index contributed by atoms with van der Waals surface area (Å²) >= 11 is 0. The SMILES string of the molecule is O=C1CCCc2cc(S(=O)(=O)NCC3CCC(C(=O)NCc4cccnc4)CC3)ccc2N1. The van der Waals surface area contributed by atoms with Gasteiger partial charge in [0.05, 0.1) is 4.90 Å². The van der Waals surface area contributed by atoms with E-state index in [1.165, 1.54) is 6.07 Å². The van der Waals surface area contributed by atoms with E-state index in [1.807, 2.05) is 12.1 Å². The summed E-state index contributed by atoms with van der Waals surface area (Å²) in [6, 6.07) is 8.64. The molecule has 0 radical (unpaired) electrons. The number of sulfonamides is 1. The number of aromatic nitrogens is 1. The predicted molar refractivity (Wildman–Crippen MR) is 125 cm³/mol. The maximum absolute atomic E-state index is 12.8. The number of anilines is 1. The Labute approximate surface area is 194 Å². The molecule has 2 aromatic rings. The number of pyridine rings is 1. The molecule has 0 unspecified atom stereocenters. The molecule has 4 rings (SSSR count). The quantitative estimate of drug-likeness (QED) is 0.575. The fraction of sp³-hybridized carbons (Fsp3) is 0.458. The summed E-state index contributed by atoms with van der Waals surface area (Å²) in [7, 11) is -3.64. The zero-order valence-corrected chi connectivity index (χ0v) is 19.4. The van der Waals surface area contributed by atoms with Crippen LogP contribution in [0.1, 0.15) is 49.7 Å². The summed E-state index contributed by atoms with van der Waals surface area (Å²) in [6.45, 7) is 0.830. The average Bonchev–Trinajstić information content (AvgIpc) is 3.02. The minimum absolute atomic E-state index is 0.0330. The van der Waals surface area contributed by atoms with Crippen LogP contribution in [0.15, 0.2) is 47.6 Å². The van der Waals surface area contributed by atoms with Crippen molar-refractivity contribution in [1.29, 1.82) is 0 Å². The fourth-order valence-corrected chi connectivity index (χ4v) is 5.66. The summed E-state index contributed by atoms with van der Waals surface area (Å²) in [4.78, 5) is 28.5. The van der Waals surface area contributed by atoms with Gasteiger partial charge in [-0.15, -0.1) is 0 Å². The van der Waals surface area contributed by atoms with Crippen LogP contribution in [-0.4, -0.2) is 31.8 Å². The summed E-state index contributed by atoms with van der Waals surface area (Å²) in [5.74, 6) is 0.190. The largest absolute Gasteiger partial charge is 0.352 e. The van der Waals surface area contributed by atoms with Crippen LogP contribution in [-0.2, 0) is 32.6 Å². The standard InChI is InChI=1S/C24H30N4O4S/c29-23-5-1-4-20-13-21(10-11-22(20)28-23)33(31,32)27-16-17-6-8-19(9-7-17)24(30)26-15-18-3-2-12-25-14-18/h2-3,10-14,17,19,27H,1,4-9,15-16H2,(H,26,30)(H,28,29). The summed E-state index contributed by atoms with van der Waals surface area (Å²) in [6.07, 6.45) is 8.38. The second kappa shape index (κ2) is 10.4. The molecule has 0 bridgehead atoms. The normalized spacial score (nSPS) is 20.9. The van der Waals surface area contributed by atoms with Gasteiger partial charge in [-0.2, -0.15) is 0 Å². The van der Waals surface area contributed by atoms with E-state index in [0.29, 0.717) is 38.0 Å². The Morgan fingerprint density at radius 2 is 1.94 bits per heavy atom. The van der Waals surface area contributed by atoms with Crippen LogP contribution in [0.5, 0.6) is 0 Å². The Bertz CT molecular complexity index is 1100. The predicted octanol–water partition coefficient (Wildman–Crippen LogP) is 2.76. The second-order valence-corrected chi connectivity index (χ2v) is 10.6. The third-order valence-electron chi connectivity index (χ3n) is 6.48. The molecule has 176 valence electrons. The van der Waals surface area contributed by atoms with Crippen molar-refractivity contribution in [2.75, 3.05) is 11.9 Å². The Morgan fingerprint density at radius 1 is 1.12 bits per heavy atom. The molecule has 0 spiro atoms. The zero-order chi connectivity index (χ0) is 23.3. The third-order valence-corrected chi connectivity index (χ3v) is 7.90. The topological polar surface area (TPSA) is 117 Å². The van der Waals surface area contributed by atoms with Crippen LogP contribution in [0.2, 0.25) is 0 Å². The Hall–Kier alpha value is -2.78. The number of amides is 2. The number of hydrogen-bond donors (Lipinski definition) is 3. The van der Waals surface area contributed by atoms with E-state index in [1.54, 1.807) is 24.5 Å². The summed E-state index contributed by atoms with van der Waals surface area (Å²) in [5.41, 5.74) is 2.51. The van der Waals surface area contributed by atoms with Gasteiger partial charge in [0.2, 0.25) is 21.8 Å². The number of fused-ring (bicyclic) bond motifs is 1. The molecule has 1 fully saturated rings. The number of aryl methyl sites for hydroxylation is 1. The highest BCUT2D eigenvalue weighted by molar-refractivity contribution is 7.89. The number of nitrogens with zero attached hydrogens (tertiary/aromatic N) is 1. The van der Waals surface area contributed by atoms with Crippen molar-refractivity contribution in [3.63, 3.8) is 0 Å². The molecule has 8 nitrogen and oxygen atoms in total. The maximum atomic E-state index is 12.8. The van der Waals surface area contributed by atoms with Crippen molar-refractivity contribution >= 4 is 27.5 Å². The molecule has 2 amide bonds. The number of carbonyl (C=O) groups excluding carboxylic acids is 2. The summed E-state index contributed by atoms with van der Waals surface area (Å²) < 4.78 is 28.4. The van der Waals surface area contributed by atoms with Gasteiger partial charge in [-0.1, -0.05) is 6.07 Å². The van der Waals surface area contributed by atoms with Gasteiger partial charge >= 0.3 is 0 Å². The Kier molecular flexibility index (Phi) is 7.39. The lowest BCUT2D eigenvalue weighted by Crippen LogP contribution is -2.36. The average molecular weight is 471 g/mol. The minimum atomic E-state index is -3.64. The van der Waals surface area contributed by atoms with Gasteiger partial charge in [-0.25, -0.2) is 13.1 Å². The van der Waals surface area contributed by atoms with E-state index in [0.717, 1.165) is 36.8 Å². The maximum Gasteiger partial charge on any atom is 0.240 e. The number of carbonyl (C=O) groups is 2. The molecule has 0 atom stereocenters. The molecule has 3 N–H and O–H groups in total. The van der Waals surface area contributed by atoms with E-state index in [-0.39, 0.29) is 28.5 Å². The molecule has 1 aromatic carbocycles. The van der Waals surface area contributed by atoms with Crippen LogP contribution in [0.25, 0.3) is 0 Å². The van der Waals surface area contributed by atoms with Crippen molar-refractivity contribution in [1.82, 2.24) is 15.0 Å². The molecule has 2 heterocycles. The van der Waals surface area contributed by atoms with E-state index in [4.69, 9.17) is 0 Å². The monoisotopic (exact) mass is 470 g/mol. The molecular weight excluding hydrogens is 440 g/mol. The lowest BCUT2D eigenvalue weighted by atomic mass is 9.81. The highest BCUT2D eigenvalue weighted by Crippen LogP contribution is 2.29. The number of nitrogens with one attached hydrogen (secondary N) is 3. The van der Waals surface area contributed by atoms with Gasteiger partial charge in [0.1, 0.15) is 0 Å². The van der Waals surface area contributed by atoms with Gasteiger partial charge in [-0.05, 0) is 79.8 Å². The molecule has 33 heavy (non-hydrogen) atoms. The first-order chi connectivity index (χ1) is 15.9. The molecule has 1 aliphatic heterocycles. The van der Waals surface area contributed by atoms with Crippen LogP contribution < -0.4 is 15.4 Å². The molecule has 1 aliphatic carbocycles. The van der Waals surface area contributed by atoms with Gasteiger partial charge in [-0.3, -0.25) is 14.6 Å². The number of benzene rings is 1. The van der Waals surface area contributed by atoms with Crippen LogP contribution in [0.4, 0.5) is 5.69 Å². The number of hydrogen-bond acceptors (Lipinski definition) is 5. The third kappa shape index (κ3) is 6.17. The number of rotatable bonds is 7. The van der Waals surface area contributed by atoms with Gasteiger partial charge in [0.15, 0.2) is 0 Å². The highest BCUT2D eigenvalue weighted by Gasteiger charge is 2.27.